The molecule has 20 nitrogen and oxygen atoms in total. The van der Waals surface area contributed by atoms with Gasteiger partial charge in [-0.3, -0.25) is 24.7 Å². The summed E-state index contributed by atoms with van der Waals surface area (Å²) in [7, 11) is -4.64. The average molecular weight is 1120 g/mol. The lowest BCUT2D eigenvalue weighted by Crippen LogP contribution is -2.59. The summed E-state index contributed by atoms with van der Waals surface area (Å²) < 4.78 is 54.9. The highest BCUT2D eigenvalue weighted by molar-refractivity contribution is 7.90. The average Bonchev–Trinajstić information content (AvgIpc) is 3.98. The SMILES string of the molecule is Cc1ccccc1[C@@H]1CN(Cc2cnc3c(c2)OCCO3)CCN1C1CC2(CCN(c3ccc(C(=O)NS(=O)(=O)c4ccc(NC[C@H]5CC[C@](C)(O)CC5)c([N+](=O)[O-])c4)c(N4c5cc6cc[nH]c6nc5O[C@H]5COCC[C@@H]54)c3)CC2)C1. The van der Waals surface area contributed by atoms with E-state index in [1.165, 1.54) is 23.3 Å². The quantitative estimate of drug-likeness (QED) is 0.0628. The molecule has 1 amide bonds. The van der Waals surface area contributed by atoms with Crippen LogP contribution in [0.2, 0.25) is 0 Å². The Morgan fingerprint density at radius 1 is 0.914 bits per heavy atom. The van der Waals surface area contributed by atoms with Gasteiger partial charge in [0.2, 0.25) is 5.88 Å². The minimum Gasteiger partial charge on any atom is -0.484 e. The fourth-order valence-corrected chi connectivity index (χ4v) is 14.8. The summed E-state index contributed by atoms with van der Waals surface area (Å²) in [6, 6.07) is 24.4. The number of hydrogen-bond acceptors (Lipinski definition) is 17. The lowest BCUT2D eigenvalue weighted by molar-refractivity contribution is -0.384. The number of pyridine rings is 2. The van der Waals surface area contributed by atoms with Gasteiger partial charge in [-0.2, -0.15) is 4.98 Å². The second-order valence-electron chi connectivity index (χ2n) is 23.8. The highest BCUT2D eigenvalue weighted by Crippen LogP contribution is 2.54. The Bertz CT molecular complexity index is 3480. The molecule has 8 heterocycles. The van der Waals surface area contributed by atoms with Crippen molar-refractivity contribution in [3.63, 3.8) is 0 Å². The molecular formula is C60H70N10O10S. The number of carbonyl (C=O) groups excluding carboxylic acids is 1. The number of aliphatic hydroxyl groups is 1. The van der Waals surface area contributed by atoms with E-state index < -0.39 is 43.1 Å². The number of nitro groups is 1. The Balaban J connectivity index is 0.747. The van der Waals surface area contributed by atoms with E-state index >= 15 is 0 Å². The summed E-state index contributed by atoms with van der Waals surface area (Å²) in [5.41, 5.74) is 5.80. The fourth-order valence-electron chi connectivity index (χ4n) is 13.8. The van der Waals surface area contributed by atoms with Crippen molar-refractivity contribution in [1.29, 1.82) is 0 Å². The van der Waals surface area contributed by atoms with Gasteiger partial charge in [-0.15, -0.1) is 0 Å². The van der Waals surface area contributed by atoms with Crippen LogP contribution in [0.1, 0.15) is 97.8 Å². The maximum atomic E-state index is 14.8. The van der Waals surface area contributed by atoms with Crippen LogP contribution >= 0.6 is 0 Å². The van der Waals surface area contributed by atoms with Crippen molar-refractivity contribution >= 4 is 55.4 Å². The van der Waals surface area contributed by atoms with Crippen molar-refractivity contribution in [3.8, 4) is 17.5 Å². The predicted molar refractivity (Wildman–Crippen MR) is 305 cm³/mol. The molecule has 426 valence electrons. The van der Waals surface area contributed by atoms with E-state index in [1.54, 1.807) is 6.07 Å². The molecule has 3 aromatic heterocycles. The van der Waals surface area contributed by atoms with Crippen LogP contribution in [0.5, 0.6) is 17.5 Å². The first-order chi connectivity index (χ1) is 39.1. The number of nitrogens with zero attached hydrogens (tertiary/aromatic N) is 7. The summed E-state index contributed by atoms with van der Waals surface area (Å²) in [5, 5.41) is 26.9. The molecule has 0 radical (unpaired) electrons. The molecule has 2 aliphatic carbocycles. The highest BCUT2D eigenvalue weighted by atomic mass is 32.2. The van der Waals surface area contributed by atoms with Gasteiger partial charge in [0.15, 0.2) is 5.75 Å². The normalized spacial score (nSPS) is 24.9. The topological polar surface area (TPSA) is 230 Å². The third-order valence-electron chi connectivity index (χ3n) is 18.5. The number of sulfonamides is 1. The number of piperazine rings is 1. The van der Waals surface area contributed by atoms with E-state index in [0.717, 1.165) is 100 Å². The molecule has 0 bridgehead atoms. The van der Waals surface area contributed by atoms with Crippen LogP contribution in [0.25, 0.3) is 11.0 Å². The first-order valence-corrected chi connectivity index (χ1v) is 30.1. The Kier molecular flexibility index (Phi) is 14.1. The minimum atomic E-state index is -4.64. The number of rotatable bonds is 13. The number of aromatic nitrogens is 3. The predicted octanol–water partition coefficient (Wildman–Crippen LogP) is 8.41. The first kappa shape index (κ1) is 53.3. The molecular weight excluding hydrogens is 1050 g/mol. The van der Waals surface area contributed by atoms with Crippen LogP contribution in [0.4, 0.5) is 28.4 Å². The van der Waals surface area contributed by atoms with Gasteiger partial charge in [0, 0.05) is 94.0 Å². The van der Waals surface area contributed by atoms with Crippen molar-refractivity contribution < 1.29 is 42.2 Å². The van der Waals surface area contributed by atoms with Gasteiger partial charge in [0.25, 0.3) is 27.5 Å². The van der Waals surface area contributed by atoms with Gasteiger partial charge in [-0.05, 0) is 148 Å². The molecule has 5 fully saturated rings. The smallest absolute Gasteiger partial charge is 0.293 e. The van der Waals surface area contributed by atoms with Crippen LogP contribution in [0, 0.1) is 28.4 Å². The molecule has 6 aromatic rings. The molecule has 3 atom stereocenters. The Morgan fingerprint density at radius 3 is 2.54 bits per heavy atom. The maximum absolute atomic E-state index is 14.8. The number of nitrogens with one attached hydrogen (secondary N) is 3. The first-order valence-electron chi connectivity index (χ1n) is 28.7. The van der Waals surface area contributed by atoms with Crippen molar-refractivity contribution in [2.24, 2.45) is 11.3 Å². The van der Waals surface area contributed by atoms with Gasteiger partial charge >= 0.3 is 0 Å². The number of H-pyrrole nitrogens is 1. The molecule has 1 spiro atoms. The van der Waals surface area contributed by atoms with Crippen LogP contribution in [-0.4, -0.2) is 139 Å². The number of nitro benzene ring substituents is 1. The highest BCUT2D eigenvalue weighted by Gasteiger charge is 2.50. The summed E-state index contributed by atoms with van der Waals surface area (Å²) in [6.07, 6.45) is 10.9. The number of piperidine rings is 1. The number of aromatic amines is 1. The maximum Gasteiger partial charge on any atom is 0.293 e. The Labute approximate surface area is 471 Å². The van der Waals surface area contributed by atoms with Crippen molar-refractivity contribution in [2.75, 3.05) is 80.8 Å². The van der Waals surface area contributed by atoms with Gasteiger partial charge < -0.3 is 44.2 Å². The van der Waals surface area contributed by atoms with Crippen LogP contribution in [-0.2, 0) is 21.3 Å². The van der Waals surface area contributed by atoms with Gasteiger partial charge in [0.05, 0.1) is 39.3 Å². The van der Waals surface area contributed by atoms with Crippen molar-refractivity contribution in [3.05, 3.63) is 124 Å². The third kappa shape index (κ3) is 10.6. The summed E-state index contributed by atoms with van der Waals surface area (Å²) in [6.45, 7) is 11.5. The van der Waals surface area contributed by atoms with E-state index in [4.69, 9.17) is 23.9 Å². The molecule has 81 heavy (non-hydrogen) atoms. The molecule has 2 saturated carbocycles. The van der Waals surface area contributed by atoms with Gasteiger partial charge in [-0.25, -0.2) is 18.1 Å². The summed E-state index contributed by atoms with van der Waals surface area (Å²) in [4.78, 5) is 48.6. The number of fused-ring (bicyclic) bond motifs is 4. The van der Waals surface area contributed by atoms with E-state index in [1.807, 2.05) is 43.6 Å². The van der Waals surface area contributed by atoms with E-state index in [9.17, 15) is 28.4 Å². The number of hydrogen-bond donors (Lipinski definition) is 4. The zero-order chi connectivity index (χ0) is 55.6. The molecule has 4 N–H and O–H groups in total. The van der Waals surface area contributed by atoms with Gasteiger partial charge in [0.1, 0.15) is 36.3 Å². The fraction of sp³-hybridized carbons (Fsp3) is 0.483. The van der Waals surface area contributed by atoms with Crippen LogP contribution < -0.4 is 34.0 Å². The van der Waals surface area contributed by atoms with Crippen molar-refractivity contribution in [2.45, 2.75) is 113 Å². The lowest BCUT2D eigenvalue weighted by Gasteiger charge is -2.58. The Hall–Kier alpha value is -7.04. The molecule has 5 aliphatic heterocycles. The molecule has 13 rings (SSSR count). The molecule has 21 heteroatoms. The minimum absolute atomic E-state index is 0.107. The zero-order valence-corrected chi connectivity index (χ0v) is 46.7. The second-order valence-corrected chi connectivity index (χ2v) is 25.5. The lowest BCUT2D eigenvalue weighted by atomic mass is 9.59. The van der Waals surface area contributed by atoms with E-state index in [2.05, 4.69) is 76.9 Å². The van der Waals surface area contributed by atoms with E-state index in [-0.39, 0.29) is 34.7 Å². The standard InChI is InChI=1S/C60H70N10O10S/c1-38-5-3-4-6-45(38)52-36-66(35-40-27-53-58(63-34-40)79-26-25-78-53)22-23-68(52)43-31-60(32-43)17-20-67(21-18-60)42-7-9-46(49(29-42)69-48-14-24-77-37-54(48)80-57-51(69)28-41-13-19-61-55(41)64-57)56(71)65-81(75,76)44-8-10-47(50(30-44)70(73)74)62-33-39-11-15-59(2,72)16-12-39/h3-10,13,19,27-30,34,39,43,48,52,54,62,72H,11-12,14-18,20-26,31-33,35-37H2,1-2H3,(H,61,64)(H,65,71)/t39-,48-,52-,54-,59-/m0/s1. The molecule has 0 unspecified atom stereocenters. The van der Waals surface area contributed by atoms with E-state index in [0.29, 0.717) is 92.8 Å². The second kappa shape index (κ2) is 21.4. The molecule has 3 saturated heterocycles. The Morgan fingerprint density at radius 2 is 1.73 bits per heavy atom. The number of ether oxygens (including phenoxy) is 4. The van der Waals surface area contributed by atoms with Crippen LogP contribution in [0.3, 0.4) is 0 Å². The molecule has 3 aromatic carbocycles. The number of aryl methyl sites for hydroxylation is 1. The monoisotopic (exact) mass is 1120 g/mol. The number of carbonyl (C=O) groups is 1. The number of amides is 1. The number of benzene rings is 3. The molecule has 7 aliphatic rings. The summed E-state index contributed by atoms with van der Waals surface area (Å²) in [5.74, 6) is 0.945. The summed E-state index contributed by atoms with van der Waals surface area (Å²) >= 11 is 0. The van der Waals surface area contributed by atoms with Crippen LogP contribution in [0.15, 0.2) is 96.2 Å². The van der Waals surface area contributed by atoms with Gasteiger partial charge in [-0.1, -0.05) is 24.3 Å². The largest absolute Gasteiger partial charge is 0.484 e. The zero-order valence-electron chi connectivity index (χ0n) is 45.8. The number of anilines is 4. The third-order valence-corrected chi connectivity index (χ3v) is 19.8. The van der Waals surface area contributed by atoms with Crippen molar-refractivity contribution in [1.82, 2.24) is 29.5 Å².